The molecule has 0 bridgehead atoms. The maximum absolute atomic E-state index is 12.7. The smallest absolute Gasteiger partial charge is 0.270 e. The molecule has 2 fully saturated rings. The lowest BCUT2D eigenvalue weighted by atomic mass is 10.1. The number of non-ortho nitro benzene ring substituents is 1. The average molecular weight is 388 g/mol. The lowest BCUT2D eigenvalue weighted by molar-refractivity contribution is -0.384. The van der Waals surface area contributed by atoms with Crippen molar-refractivity contribution in [2.45, 2.75) is 18.8 Å². The summed E-state index contributed by atoms with van der Waals surface area (Å²) in [6, 6.07) is 7.95. The van der Waals surface area contributed by atoms with Gasteiger partial charge in [0.1, 0.15) is 0 Å². The number of anilines is 1. The van der Waals surface area contributed by atoms with Crippen LogP contribution in [-0.2, 0) is 0 Å². The van der Waals surface area contributed by atoms with E-state index in [0.717, 1.165) is 11.5 Å². The Morgan fingerprint density at radius 2 is 1.85 bits per heavy atom. The Morgan fingerprint density at radius 1 is 1.11 bits per heavy atom. The summed E-state index contributed by atoms with van der Waals surface area (Å²) in [7, 11) is 0. The van der Waals surface area contributed by atoms with Gasteiger partial charge in [-0.25, -0.2) is 0 Å². The number of nitro benzene ring substituents is 1. The van der Waals surface area contributed by atoms with Crippen LogP contribution in [0.15, 0.2) is 30.3 Å². The van der Waals surface area contributed by atoms with Gasteiger partial charge in [0, 0.05) is 44.2 Å². The van der Waals surface area contributed by atoms with E-state index in [9.17, 15) is 14.9 Å². The minimum Gasteiger partial charge on any atom is -0.352 e. The largest absolute Gasteiger partial charge is 0.352 e. The highest BCUT2D eigenvalue weighted by molar-refractivity contribution is 6.34. The number of hydrogen-bond donors (Lipinski definition) is 0. The van der Waals surface area contributed by atoms with Crippen LogP contribution in [0.5, 0.6) is 0 Å². The monoisotopic (exact) mass is 387 g/mol. The van der Waals surface area contributed by atoms with Crippen molar-refractivity contribution in [2.75, 3.05) is 31.1 Å². The fraction of sp³-hybridized carbons (Fsp3) is 0.389. The molecular formula is C18H18ClN5O3. The van der Waals surface area contributed by atoms with E-state index in [4.69, 9.17) is 11.6 Å². The van der Waals surface area contributed by atoms with Gasteiger partial charge < -0.3 is 9.80 Å². The van der Waals surface area contributed by atoms with Gasteiger partial charge in [0.15, 0.2) is 5.82 Å². The molecule has 2 aliphatic rings. The molecule has 140 valence electrons. The van der Waals surface area contributed by atoms with Crippen molar-refractivity contribution >= 4 is 29.0 Å². The summed E-state index contributed by atoms with van der Waals surface area (Å²) in [5.41, 5.74) is 1.21. The molecule has 1 aliphatic carbocycles. The van der Waals surface area contributed by atoms with Gasteiger partial charge >= 0.3 is 0 Å². The maximum atomic E-state index is 12.7. The van der Waals surface area contributed by atoms with Gasteiger partial charge in [-0.1, -0.05) is 11.6 Å². The van der Waals surface area contributed by atoms with E-state index in [2.05, 4.69) is 15.1 Å². The summed E-state index contributed by atoms with van der Waals surface area (Å²) in [6.07, 6.45) is 2.39. The number of amides is 1. The molecule has 0 atom stereocenters. The van der Waals surface area contributed by atoms with Crippen LogP contribution < -0.4 is 4.90 Å². The van der Waals surface area contributed by atoms with Crippen molar-refractivity contribution in [1.29, 1.82) is 0 Å². The van der Waals surface area contributed by atoms with E-state index in [1.165, 1.54) is 31.0 Å². The standard InChI is InChI=1S/C18H18ClN5O3/c19-15-11-13(24(26)27)3-4-14(15)18(25)23-9-7-22(8-10-23)17-6-5-16(20-21-17)12-1-2-12/h3-6,11-12H,1-2,7-10H2. The summed E-state index contributed by atoms with van der Waals surface area (Å²) in [5.74, 6) is 1.18. The van der Waals surface area contributed by atoms with E-state index in [-0.39, 0.29) is 22.2 Å². The molecule has 2 aromatic rings. The number of carbonyl (C=O) groups excluding carboxylic acids is 1. The highest BCUT2D eigenvalue weighted by Crippen LogP contribution is 2.38. The molecule has 1 amide bonds. The molecule has 0 radical (unpaired) electrons. The van der Waals surface area contributed by atoms with Crippen LogP contribution in [-0.4, -0.2) is 52.1 Å². The Morgan fingerprint density at radius 3 is 2.41 bits per heavy atom. The first kappa shape index (κ1) is 17.7. The van der Waals surface area contributed by atoms with Crippen LogP contribution in [0.2, 0.25) is 5.02 Å². The van der Waals surface area contributed by atoms with E-state index in [1.54, 1.807) is 4.90 Å². The summed E-state index contributed by atoms with van der Waals surface area (Å²) in [5, 5.41) is 19.5. The second kappa shape index (κ2) is 7.11. The van der Waals surface area contributed by atoms with E-state index < -0.39 is 4.92 Å². The molecule has 0 unspecified atom stereocenters. The molecule has 0 N–H and O–H groups in total. The Balaban J connectivity index is 1.39. The van der Waals surface area contributed by atoms with Crippen LogP contribution in [0, 0.1) is 10.1 Å². The highest BCUT2D eigenvalue weighted by atomic mass is 35.5. The number of hydrogen-bond acceptors (Lipinski definition) is 6. The fourth-order valence-electron chi connectivity index (χ4n) is 3.20. The SMILES string of the molecule is O=C(c1ccc([N+](=O)[O-])cc1Cl)N1CCN(c2ccc(C3CC3)nn2)CC1. The van der Waals surface area contributed by atoms with Crippen molar-refractivity contribution in [3.63, 3.8) is 0 Å². The second-order valence-electron chi connectivity index (χ2n) is 6.79. The molecule has 0 spiro atoms. The molecule has 27 heavy (non-hydrogen) atoms. The van der Waals surface area contributed by atoms with Gasteiger partial charge in [-0.2, -0.15) is 5.10 Å². The maximum Gasteiger partial charge on any atom is 0.270 e. The first-order valence-corrected chi connectivity index (χ1v) is 9.22. The molecule has 1 aliphatic heterocycles. The fourth-order valence-corrected chi connectivity index (χ4v) is 3.46. The highest BCUT2D eigenvalue weighted by Gasteiger charge is 2.27. The topological polar surface area (TPSA) is 92.5 Å². The third kappa shape index (κ3) is 3.71. The lowest BCUT2D eigenvalue weighted by Crippen LogP contribution is -2.49. The molecule has 4 rings (SSSR count). The van der Waals surface area contributed by atoms with E-state index >= 15 is 0 Å². The first-order chi connectivity index (χ1) is 13.0. The summed E-state index contributed by atoms with van der Waals surface area (Å²) in [4.78, 5) is 26.8. The van der Waals surface area contributed by atoms with Crippen LogP contribution in [0.3, 0.4) is 0 Å². The first-order valence-electron chi connectivity index (χ1n) is 8.85. The van der Waals surface area contributed by atoms with E-state index in [0.29, 0.717) is 32.1 Å². The minimum atomic E-state index is -0.533. The molecule has 1 aromatic carbocycles. The van der Waals surface area contributed by atoms with Gasteiger partial charge in [-0.15, -0.1) is 5.10 Å². The van der Waals surface area contributed by atoms with E-state index in [1.807, 2.05) is 12.1 Å². The summed E-state index contributed by atoms with van der Waals surface area (Å²) >= 11 is 6.08. The Labute approximate surface area is 160 Å². The molecule has 1 saturated heterocycles. The van der Waals surface area contributed by atoms with Gasteiger partial charge in [0.25, 0.3) is 11.6 Å². The van der Waals surface area contributed by atoms with Gasteiger partial charge in [-0.05, 0) is 31.0 Å². The molecular weight excluding hydrogens is 370 g/mol. The Bertz CT molecular complexity index is 877. The van der Waals surface area contributed by atoms with Crippen LogP contribution >= 0.6 is 11.6 Å². The number of rotatable bonds is 4. The van der Waals surface area contributed by atoms with Gasteiger partial charge in [0.2, 0.25) is 0 Å². The molecule has 1 saturated carbocycles. The number of piperazine rings is 1. The number of halogens is 1. The zero-order chi connectivity index (χ0) is 19.0. The summed E-state index contributed by atoms with van der Waals surface area (Å²) < 4.78 is 0. The van der Waals surface area contributed by atoms with Gasteiger partial charge in [0.05, 0.1) is 21.2 Å². The Hall–Kier alpha value is -2.74. The Kier molecular flexibility index (Phi) is 4.65. The van der Waals surface area contributed by atoms with Crippen molar-refractivity contribution < 1.29 is 9.72 Å². The molecule has 1 aromatic heterocycles. The lowest BCUT2D eigenvalue weighted by Gasteiger charge is -2.35. The quantitative estimate of drug-likeness (QED) is 0.591. The number of nitrogens with zero attached hydrogens (tertiary/aromatic N) is 5. The zero-order valence-corrected chi connectivity index (χ0v) is 15.3. The van der Waals surface area contributed by atoms with Gasteiger partial charge in [-0.3, -0.25) is 14.9 Å². The van der Waals surface area contributed by atoms with Crippen molar-refractivity contribution in [2.24, 2.45) is 0 Å². The number of aromatic nitrogens is 2. The van der Waals surface area contributed by atoms with Crippen LogP contribution in [0.1, 0.15) is 34.8 Å². The molecule has 9 heteroatoms. The predicted octanol–water partition coefficient (Wildman–Crippen LogP) is 2.88. The third-order valence-corrected chi connectivity index (χ3v) is 5.26. The number of nitro groups is 1. The normalized spacial score (nSPS) is 17.1. The number of benzene rings is 1. The second-order valence-corrected chi connectivity index (χ2v) is 7.20. The number of carbonyl (C=O) groups is 1. The average Bonchev–Trinajstić information content (AvgIpc) is 3.53. The zero-order valence-electron chi connectivity index (χ0n) is 14.5. The predicted molar refractivity (Wildman–Crippen MR) is 100 cm³/mol. The summed E-state index contributed by atoms with van der Waals surface area (Å²) in [6.45, 7) is 2.35. The van der Waals surface area contributed by atoms with Crippen LogP contribution in [0.25, 0.3) is 0 Å². The van der Waals surface area contributed by atoms with Crippen molar-refractivity contribution in [1.82, 2.24) is 15.1 Å². The molecule has 8 nitrogen and oxygen atoms in total. The minimum absolute atomic E-state index is 0.0955. The van der Waals surface area contributed by atoms with Crippen LogP contribution in [0.4, 0.5) is 11.5 Å². The molecule has 2 heterocycles. The van der Waals surface area contributed by atoms with Crippen molar-refractivity contribution in [3.8, 4) is 0 Å². The third-order valence-electron chi connectivity index (χ3n) is 4.95. The van der Waals surface area contributed by atoms with Crippen molar-refractivity contribution in [3.05, 3.63) is 56.7 Å².